The molecule has 1 aromatic carbocycles. The van der Waals surface area contributed by atoms with Gasteiger partial charge >= 0.3 is 0 Å². The zero-order chi connectivity index (χ0) is 13.8. The second kappa shape index (κ2) is 6.10. The molecule has 0 aliphatic rings. The van der Waals surface area contributed by atoms with Crippen LogP contribution in [0.25, 0.3) is 0 Å². The first-order valence-corrected chi connectivity index (χ1v) is 6.51. The Hall–Kier alpha value is -1.22. The normalized spacial score (nSPS) is 13.2. The van der Waals surface area contributed by atoms with Crippen molar-refractivity contribution in [2.24, 2.45) is 11.7 Å². The third-order valence-corrected chi connectivity index (χ3v) is 3.11. The zero-order valence-electron chi connectivity index (χ0n) is 12.2. The highest BCUT2D eigenvalue weighted by atomic mass is 16.5. The topological polar surface area (TPSA) is 47.3 Å². The monoisotopic (exact) mass is 250 g/mol. The molecule has 3 nitrogen and oxygen atoms in total. The van der Waals surface area contributed by atoms with Crippen molar-refractivity contribution >= 4 is 5.69 Å². The summed E-state index contributed by atoms with van der Waals surface area (Å²) < 4.78 is 5.39. The van der Waals surface area contributed by atoms with Gasteiger partial charge in [-0.1, -0.05) is 33.8 Å². The van der Waals surface area contributed by atoms with Crippen molar-refractivity contribution in [3.63, 3.8) is 0 Å². The van der Waals surface area contributed by atoms with Gasteiger partial charge in [0.2, 0.25) is 0 Å². The van der Waals surface area contributed by atoms with E-state index in [1.807, 2.05) is 6.07 Å². The van der Waals surface area contributed by atoms with Gasteiger partial charge in [0.25, 0.3) is 0 Å². The summed E-state index contributed by atoms with van der Waals surface area (Å²) in [6.45, 7) is 10.3. The van der Waals surface area contributed by atoms with Crippen molar-refractivity contribution in [2.45, 2.75) is 33.1 Å². The number of hydrogen-bond acceptors (Lipinski definition) is 3. The number of rotatable bonds is 5. The summed E-state index contributed by atoms with van der Waals surface area (Å²) in [6, 6.07) is 6.31. The minimum Gasteiger partial charge on any atom is -0.495 e. The number of benzene rings is 1. The van der Waals surface area contributed by atoms with Crippen LogP contribution in [-0.4, -0.2) is 20.2 Å². The average Bonchev–Trinajstić information content (AvgIpc) is 2.34. The van der Waals surface area contributed by atoms with E-state index in [-0.39, 0.29) is 5.41 Å². The molecule has 0 spiro atoms. The van der Waals surface area contributed by atoms with E-state index in [2.05, 4.69) is 45.1 Å². The Labute approximate surface area is 111 Å². The van der Waals surface area contributed by atoms with Crippen molar-refractivity contribution in [2.75, 3.05) is 25.5 Å². The summed E-state index contributed by atoms with van der Waals surface area (Å²) in [5, 5.41) is 3.42. The third kappa shape index (κ3) is 3.91. The van der Waals surface area contributed by atoms with Crippen LogP contribution in [0.15, 0.2) is 18.2 Å². The Balaban J connectivity index is 2.92. The summed E-state index contributed by atoms with van der Waals surface area (Å²) >= 11 is 0. The molecule has 0 bridgehead atoms. The zero-order valence-corrected chi connectivity index (χ0v) is 12.2. The number of hydrogen-bond donors (Lipinski definition) is 2. The first-order chi connectivity index (χ1) is 8.38. The number of methoxy groups -OCH3 is 1. The van der Waals surface area contributed by atoms with Crippen LogP contribution in [-0.2, 0) is 5.41 Å². The Morgan fingerprint density at radius 3 is 2.50 bits per heavy atom. The van der Waals surface area contributed by atoms with Crippen LogP contribution in [0.5, 0.6) is 5.75 Å². The van der Waals surface area contributed by atoms with Gasteiger partial charge in [0.05, 0.1) is 12.8 Å². The minimum absolute atomic E-state index is 0.141. The highest BCUT2D eigenvalue weighted by Crippen LogP contribution is 2.31. The van der Waals surface area contributed by atoms with E-state index in [4.69, 9.17) is 10.5 Å². The maximum Gasteiger partial charge on any atom is 0.141 e. The summed E-state index contributed by atoms with van der Waals surface area (Å²) in [5.74, 6) is 1.33. The van der Waals surface area contributed by atoms with Gasteiger partial charge in [-0.3, -0.25) is 0 Å². The molecule has 0 amide bonds. The summed E-state index contributed by atoms with van der Waals surface area (Å²) in [5.41, 5.74) is 8.12. The first-order valence-electron chi connectivity index (χ1n) is 6.51. The van der Waals surface area contributed by atoms with Crippen LogP contribution in [0.3, 0.4) is 0 Å². The van der Waals surface area contributed by atoms with Crippen molar-refractivity contribution in [1.82, 2.24) is 0 Å². The molecular weight excluding hydrogens is 224 g/mol. The molecule has 1 rings (SSSR count). The average molecular weight is 250 g/mol. The van der Waals surface area contributed by atoms with Gasteiger partial charge in [0.15, 0.2) is 0 Å². The minimum atomic E-state index is 0.141. The Morgan fingerprint density at radius 2 is 2.00 bits per heavy atom. The predicted molar refractivity (Wildman–Crippen MR) is 78.4 cm³/mol. The second-order valence-corrected chi connectivity index (χ2v) is 5.89. The molecular formula is C15H26N2O. The number of nitrogens with two attached hydrogens (primary N) is 1. The fourth-order valence-electron chi connectivity index (χ4n) is 1.68. The molecule has 0 aromatic heterocycles. The van der Waals surface area contributed by atoms with E-state index in [0.29, 0.717) is 12.5 Å². The van der Waals surface area contributed by atoms with E-state index in [9.17, 15) is 0 Å². The molecule has 0 saturated carbocycles. The lowest BCUT2D eigenvalue weighted by Gasteiger charge is -2.22. The third-order valence-electron chi connectivity index (χ3n) is 3.11. The van der Waals surface area contributed by atoms with Crippen LogP contribution >= 0.6 is 0 Å². The van der Waals surface area contributed by atoms with E-state index in [1.165, 1.54) is 5.56 Å². The van der Waals surface area contributed by atoms with Gasteiger partial charge in [-0.25, -0.2) is 0 Å². The molecule has 0 heterocycles. The van der Waals surface area contributed by atoms with Crippen LogP contribution < -0.4 is 15.8 Å². The maximum atomic E-state index is 5.63. The van der Waals surface area contributed by atoms with Crippen molar-refractivity contribution in [3.05, 3.63) is 23.8 Å². The number of ether oxygens (including phenoxy) is 1. The van der Waals surface area contributed by atoms with Gasteiger partial charge < -0.3 is 15.8 Å². The van der Waals surface area contributed by atoms with Gasteiger partial charge in [-0.15, -0.1) is 0 Å². The number of anilines is 1. The highest BCUT2D eigenvalue weighted by molar-refractivity contribution is 5.59. The molecule has 0 aliphatic carbocycles. The molecule has 1 aromatic rings. The lowest BCUT2D eigenvalue weighted by molar-refractivity contribution is 0.415. The standard InChI is InChI=1S/C15H26N2O/c1-11(9-16)10-17-13-8-12(15(2,3)4)6-7-14(13)18-5/h6-8,11,17H,9-10,16H2,1-5H3. The number of nitrogens with one attached hydrogen (secondary N) is 1. The van der Waals surface area contributed by atoms with Crippen LogP contribution in [0.1, 0.15) is 33.3 Å². The molecule has 0 aliphatic heterocycles. The van der Waals surface area contributed by atoms with Gasteiger partial charge in [-0.05, 0) is 35.6 Å². The van der Waals surface area contributed by atoms with Crippen molar-refractivity contribution < 1.29 is 4.74 Å². The smallest absolute Gasteiger partial charge is 0.141 e. The molecule has 3 heteroatoms. The van der Waals surface area contributed by atoms with Gasteiger partial charge in [0.1, 0.15) is 5.75 Å². The van der Waals surface area contributed by atoms with Crippen molar-refractivity contribution in [3.8, 4) is 5.75 Å². The Bertz CT molecular complexity index is 383. The predicted octanol–water partition coefficient (Wildman–Crippen LogP) is 3.00. The fourth-order valence-corrected chi connectivity index (χ4v) is 1.68. The van der Waals surface area contributed by atoms with Crippen LogP contribution in [0.4, 0.5) is 5.69 Å². The lowest BCUT2D eigenvalue weighted by atomic mass is 9.87. The fraction of sp³-hybridized carbons (Fsp3) is 0.600. The van der Waals surface area contributed by atoms with Crippen LogP contribution in [0, 0.1) is 5.92 Å². The first kappa shape index (κ1) is 14.8. The Kier molecular flexibility index (Phi) is 5.03. The van der Waals surface area contributed by atoms with Crippen molar-refractivity contribution in [1.29, 1.82) is 0 Å². The van der Waals surface area contributed by atoms with Gasteiger partial charge in [-0.2, -0.15) is 0 Å². The summed E-state index contributed by atoms with van der Waals surface area (Å²) in [6.07, 6.45) is 0. The molecule has 102 valence electrons. The molecule has 0 fully saturated rings. The van der Waals surface area contributed by atoms with E-state index < -0.39 is 0 Å². The molecule has 0 saturated heterocycles. The summed E-state index contributed by atoms with van der Waals surface area (Å²) in [4.78, 5) is 0. The maximum absolute atomic E-state index is 5.63. The molecule has 3 N–H and O–H groups in total. The molecule has 1 unspecified atom stereocenters. The largest absolute Gasteiger partial charge is 0.495 e. The quantitative estimate of drug-likeness (QED) is 0.844. The summed E-state index contributed by atoms with van der Waals surface area (Å²) in [7, 11) is 1.70. The van der Waals surface area contributed by atoms with E-state index in [1.54, 1.807) is 7.11 Å². The molecule has 0 radical (unpaired) electrons. The highest BCUT2D eigenvalue weighted by Gasteiger charge is 2.16. The van der Waals surface area contributed by atoms with E-state index >= 15 is 0 Å². The van der Waals surface area contributed by atoms with E-state index in [0.717, 1.165) is 18.0 Å². The molecule has 18 heavy (non-hydrogen) atoms. The second-order valence-electron chi connectivity index (χ2n) is 5.89. The van der Waals surface area contributed by atoms with Crippen LogP contribution in [0.2, 0.25) is 0 Å². The van der Waals surface area contributed by atoms with Gasteiger partial charge in [0, 0.05) is 6.54 Å². The molecule has 1 atom stereocenters. The lowest BCUT2D eigenvalue weighted by Crippen LogP contribution is -2.20. The SMILES string of the molecule is COc1ccc(C(C)(C)C)cc1NCC(C)CN. The Morgan fingerprint density at radius 1 is 1.33 bits per heavy atom.